The van der Waals surface area contributed by atoms with Crippen molar-refractivity contribution in [1.82, 2.24) is 4.98 Å². The zero-order valence-electron chi connectivity index (χ0n) is 20.8. The summed E-state index contributed by atoms with van der Waals surface area (Å²) in [6.07, 6.45) is 24.2. The van der Waals surface area contributed by atoms with Crippen molar-refractivity contribution in [3.8, 4) is 0 Å². The molecule has 0 N–H and O–H groups in total. The first-order valence-corrected chi connectivity index (χ1v) is 12.9. The molecule has 29 heavy (non-hydrogen) atoms. The van der Waals surface area contributed by atoms with Crippen molar-refractivity contribution in [1.29, 1.82) is 0 Å². The van der Waals surface area contributed by atoms with Crippen LogP contribution in [0.25, 0.3) is 0 Å². The Labute approximate surface area is 183 Å². The molecular formula is C28H51N. The number of rotatable bonds is 17. The lowest BCUT2D eigenvalue weighted by Gasteiger charge is -2.34. The zero-order chi connectivity index (χ0) is 21.6. The summed E-state index contributed by atoms with van der Waals surface area (Å²) in [5.74, 6) is 0. The molecule has 0 aliphatic carbocycles. The fourth-order valence-electron chi connectivity index (χ4n) is 4.93. The molecule has 0 saturated heterocycles. The Morgan fingerprint density at radius 2 is 1.00 bits per heavy atom. The maximum absolute atomic E-state index is 4.80. The largest absolute Gasteiger partial charge is 0.264 e. The molecule has 0 amide bonds. The molecule has 0 fully saturated rings. The average molecular weight is 402 g/mol. The number of aromatic nitrogens is 1. The lowest BCUT2D eigenvalue weighted by atomic mass is 9.71. The molecule has 0 bridgehead atoms. The van der Waals surface area contributed by atoms with Gasteiger partial charge in [0.1, 0.15) is 0 Å². The quantitative estimate of drug-likeness (QED) is 0.237. The first-order valence-electron chi connectivity index (χ1n) is 12.9. The Morgan fingerprint density at radius 3 is 1.45 bits per heavy atom. The normalized spacial score (nSPS) is 15.8. The third kappa shape index (κ3) is 8.81. The minimum Gasteiger partial charge on any atom is -0.264 e. The Balaban J connectivity index is 3.05. The number of hydrogen-bond acceptors (Lipinski definition) is 1. The molecule has 168 valence electrons. The van der Waals surface area contributed by atoms with Crippen LogP contribution in [0.4, 0.5) is 0 Å². The van der Waals surface area contributed by atoms with Gasteiger partial charge in [-0.2, -0.15) is 0 Å². The summed E-state index contributed by atoms with van der Waals surface area (Å²) in [5, 5.41) is 0. The van der Waals surface area contributed by atoms with Gasteiger partial charge in [-0.05, 0) is 47.6 Å². The van der Waals surface area contributed by atoms with E-state index in [9.17, 15) is 0 Å². The summed E-state index contributed by atoms with van der Waals surface area (Å²) in [5.41, 5.74) is 3.54. The van der Waals surface area contributed by atoms with Crippen molar-refractivity contribution < 1.29 is 0 Å². The first kappa shape index (κ1) is 26.2. The summed E-state index contributed by atoms with van der Waals surface area (Å²) in [7, 11) is 0. The molecule has 0 aliphatic rings. The van der Waals surface area contributed by atoms with Crippen molar-refractivity contribution >= 4 is 0 Å². The Bertz CT molecular complexity index is 537. The van der Waals surface area contributed by atoms with E-state index in [2.05, 4.69) is 60.0 Å². The minimum atomic E-state index is 0.277. The van der Waals surface area contributed by atoms with Gasteiger partial charge in [0.15, 0.2) is 0 Å². The molecule has 2 unspecified atom stereocenters. The van der Waals surface area contributed by atoms with E-state index in [0.717, 1.165) is 0 Å². The van der Waals surface area contributed by atoms with Gasteiger partial charge in [0.2, 0.25) is 0 Å². The highest BCUT2D eigenvalue weighted by Crippen LogP contribution is 2.39. The highest BCUT2D eigenvalue weighted by molar-refractivity contribution is 5.30. The third-order valence-corrected chi connectivity index (χ3v) is 7.18. The van der Waals surface area contributed by atoms with Gasteiger partial charge in [0.25, 0.3) is 0 Å². The smallest absolute Gasteiger partial charge is 0.0305 e. The molecule has 0 aliphatic heterocycles. The fraction of sp³-hybridized carbons (Fsp3) is 0.821. The molecular weight excluding hydrogens is 350 g/mol. The van der Waals surface area contributed by atoms with Gasteiger partial charge in [-0.15, -0.1) is 0 Å². The second kappa shape index (κ2) is 14.2. The second-order valence-corrected chi connectivity index (χ2v) is 10.1. The third-order valence-electron chi connectivity index (χ3n) is 7.18. The summed E-state index contributed by atoms with van der Waals surface area (Å²) in [4.78, 5) is 4.80. The van der Waals surface area contributed by atoms with Crippen LogP contribution in [-0.4, -0.2) is 4.98 Å². The minimum absolute atomic E-state index is 0.277. The summed E-state index contributed by atoms with van der Waals surface area (Å²) < 4.78 is 0. The van der Waals surface area contributed by atoms with E-state index >= 15 is 0 Å². The Kier molecular flexibility index (Phi) is 12.8. The Hall–Kier alpha value is -0.850. The van der Waals surface area contributed by atoms with Crippen molar-refractivity contribution in [3.05, 3.63) is 29.6 Å². The molecule has 1 heterocycles. The zero-order valence-corrected chi connectivity index (χ0v) is 20.8. The average Bonchev–Trinajstić information content (AvgIpc) is 2.73. The van der Waals surface area contributed by atoms with Gasteiger partial charge in [-0.3, -0.25) is 4.98 Å². The van der Waals surface area contributed by atoms with E-state index in [1.807, 2.05) is 0 Å². The van der Waals surface area contributed by atoms with E-state index in [-0.39, 0.29) is 10.8 Å². The lowest BCUT2D eigenvalue weighted by molar-refractivity contribution is 0.359. The van der Waals surface area contributed by atoms with Crippen molar-refractivity contribution in [3.63, 3.8) is 0 Å². The number of nitrogens with zero attached hydrogens (tertiary/aromatic N) is 1. The lowest BCUT2D eigenvalue weighted by Crippen LogP contribution is -2.26. The van der Waals surface area contributed by atoms with Crippen molar-refractivity contribution in [2.45, 2.75) is 149 Å². The van der Waals surface area contributed by atoms with Gasteiger partial charge < -0.3 is 0 Å². The molecule has 0 saturated carbocycles. The predicted molar refractivity (Wildman–Crippen MR) is 131 cm³/mol. The molecule has 1 aromatic heterocycles. The summed E-state index contributed by atoms with van der Waals surface area (Å²) in [6, 6.07) is 2.55. The molecule has 1 heteroatoms. The topological polar surface area (TPSA) is 12.9 Å². The molecule has 1 aromatic rings. The van der Waals surface area contributed by atoms with E-state index in [4.69, 9.17) is 4.98 Å². The SMILES string of the molecule is CCCCCCC(C)(CCC)c1cncc(C(C)(CCCC)CCCCCC)c1. The fourth-order valence-corrected chi connectivity index (χ4v) is 4.93. The molecule has 0 radical (unpaired) electrons. The van der Waals surface area contributed by atoms with E-state index < -0.39 is 0 Å². The van der Waals surface area contributed by atoms with Crippen LogP contribution in [0.5, 0.6) is 0 Å². The first-order chi connectivity index (χ1) is 14.0. The predicted octanol–water partition coefficient (Wildman–Crippen LogP) is 9.53. The molecule has 2 atom stereocenters. The molecule has 0 spiro atoms. The second-order valence-electron chi connectivity index (χ2n) is 10.1. The summed E-state index contributed by atoms with van der Waals surface area (Å²) >= 11 is 0. The van der Waals surface area contributed by atoms with Crippen molar-refractivity contribution in [2.24, 2.45) is 0 Å². The van der Waals surface area contributed by atoms with Gasteiger partial charge in [0, 0.05) is 12.4 Å². The molecule has 1 nitrogen and oxygen atoms in total. The van der Waals surface area contributed by atoms with Crippen LogP contribution in [0.2, 0.25) is 0 Å². The van der Waals surface area contributed by atoms with Crippen LogP contribution in [0, 0.1) is 0 Å². The van der Waals surface area contributed by atoms with E-state index in [1.165, 1.54) is 107 Å². The van der Waals surface area contributed by atoms with Crippen molar-refractivity contribution in [2.75, 3.05) is 0 Å². The van der Waals surface area contributed by atoms with Crippen LogP contribution < -0.4 is 0 Å². The number of pyridine rings is 1. The van der Waals surface area contributed by atoms with Crippen LogP contribution in [0.3, 0.4) is 0 Å². The van der Waals surface area contributed by atoms with Crippen LogP contribution >= 0.6 is 0 Å². The highest BCUT2D eigenvalue weighted by Gasteiger charge is 2.30. The summed E-state index contributed by atoms with van der Waals surface area (Å²) in [6.45, 7) is 14.3. The Morgan fingerprint density at radius 1 is 0.552 bits per heavy atom. The van der Waals surface area contributed by atoms with Crippen LogP contribution in [-0.2, 0) is 10.8 Å². The van der Waals surface area contributed by atoms with Gasteiger partial charge >= 0.3 is 0 Å². The number of hydrogen-bond donors (Lipinski definition) is 0. The maximum Gasteiger partial charge on any atom is 0.0305 e. The van der Waals surface area contributed by atoms with Gasteiger partial charge in [0.05, 0.1) is 0 Å². The molecule has 0 aromatic carbocycles. The van der Waals surface area contributed by atoms with Gasteiger partial charge in [-0.25, -0.2) is 0 Å². The van der Waals surface area contributed by atoms with E-state index in [1.54, 1.807) is 0 Å². The van der Waals surface area contributed by atoms with E-state index in [0.29, 0.717) is 0 Å². The van der Waals surface area contributed by atoms with Crippen LogP contribution in [0.15, 0.2) is 18.5 Å². The standard InChI is InChI=1S/C28H51N/c1-7-11-14-16-20-27(5,18-10-4)25-22-26(24-29-23-25)28(6,19-13-9-3)21-17-15-12-8-2/h22-24H,7-21H2,1-6H3. The van der Waals surface area contributed by atoms with Crippen LogP contribution in [0.1, 0.15) is 149 Å². The number of unbranched alkanes of at least 4 members (excludes halogenated alkanes) is 7. The van der Waals surface area contributed by atoms with Gasteiger partial charge in [-0.1, -0.05) is 118 Å². The maximum atomic E-state index is 4.80. The monoisotopic (exact) mass is 401 g/mol. The highest BCUT2D eigenvalue weighted by atomic mass is 14.6. The molecule has 1 rings (SSSR count).